The number of rotatable bonds is 3. The van der Waals surface area contributed by atoms with Crippen molar-refractivity contribution in [3.63, 3.8) is 0 Å². The van der Waals surface area contributed by atoms with Crippen LogP contribution >= 0.6 is 15.9 Å². The second kappa shape index (κ2) is 7.00. The van der Waals surface area contributed by atoms with Crippen LogP contribution in [0.1, 0.15) is 11.1 Å². The van der Waals surface area contributed by atoms with E-state index in [4.69, 9.17) is 0 Å². The maximum absolute atomic E-state index is 13.2. The normalized spacial score (nSPS) is 12.1. The molecule has 0 aliphatic carbocycles. The topological polar surface area (TPSA) is 29.1 Å². The van der Waals surface area contributed by atoms with Gasteiger partial charge in [0.15, 0.2) is 0 Å². The van der Waals surface area contributed by atoms with Crippen LogP contribution in [0.15, 0.2) is 59.1 Å². The highest BCUT2D eigenvalue weighted by Gasteiger charge is 2.35. The molecular weight excluding hydrogens is 371 g/mol. The van der Waals surface area contributed by atoms with Crippen molar-refractivity contribution in [3.05, 3.63) is 70.2 Å². The first-order chi connectivity index (χ1) is 10.8. The SMILES string of the molecule is Cc1ccc(NC(=O)/C=C(/c2ccccc2)C(F)(F)F)c(Br)c1. The fourth-order valence-corrected chi connectivity index (χ4v) is 2.56. The van der Waals surface area contributed by atoms with E-state index in [0.717, 1.165) is 5.56 Å². The first kappa shape index (κ1) is 17.3. The van der Waals surface area contributed by atoms with E-state index in [1.165, 1.54) is 24.3 Å². The number of amides is 1. The first-order valence-electron chi connectivity index (χ1n) is 6.69. The van der Waals surface area contributed by atoms with Gasteiger partial charge in [0, 0.05) is 10.5 Å². The Bertz CT molecular complexity index is 739. The van der Waals surface area contributed by atoms with Crippen LogP contribution in [-0.4, -0.2) is 12.1 Å². The lowest BCUT2D eigenvalue weighted by atomic mass is 10.1. The molecule has 120 valence electrons. The van der Waals surface area contributed by atoms with Crippen LogP contribution in [0.3, 0.4) is 0 Å². The van der Waals surface area contributed by atoms with Crippen molar-refractivity contribution in [2.45, 2.75) is 13.1 Å². The largest absolute Gasteiger partial charge is 0.417 e. The Morgan fingerprint density at radius 3 is 2.35 bits per heavy atom. The molecule has 0 spiro atoms. The second-order valence-electron chi connectivity index (χ2n) is 4.89. The van der Waals surface area contributed by atoms with E-state index in [1.54, 1.807) is 24.3 Å². The van der Waals surface area contributed by atoms with Gasteiger partial charge in [-0.05, 0) is 46.1 Å². The third-order valence-electron chi connectivity index (χ3n) is 3.05. The molecule has 23 heavy (non-hydrogen) atoms. The van der Waals surface area contributed by atoms with Crippen molar-refractivity contribution in [1.82, 2.24) is 0 Å². The molecular formula is C17H13BrF3NO. The van der Waals surface area contributed by atoms with Gasteiger partial charge in [0.25, 0.3) is 0 Å². The van der Waals surface area contributed by atoms with E-state index in [0.29, 0.717) is 16.2 Å². The number of anilines is 1. The number of halogens is 4. The standard InChI is InChI=1S/C17H13BrF3NO/c1-11-7-8-15(14(18)9-11)22-16(23)10-13(17(19,20)21)12-5-3-2-4-6-12/h2-10H,1H3,(H,22,23)/b13-10-. The Morgan fingerprint density at radius 2 is 1.78 bits per heavy atom. The number of aryl methyl sites for hydroxylation is 1. The van der Waals surface area contributed by atoms with Gasteiger partial charge < -0.3 is 5.32 Å². The second-order valence-corrected chi connectivity index (χ2v) is 5.75. The maximum atomic E-state index is 13.2. The molecule has 1 N–H and O–H groups in total. The number of benzene rings is 2. The van der Waals surface area contributed by atoms with Crippen LogP contribution in [-0.2, 0) is 4.79 Å². The lowest BCUT2D eigenvalue weighted by Gasteiger charge is -2.12. The van der Waals surface area contributed by atoms with Gasteiger partial charge in [0.2, 0.25) is 5.91 Å². The summed E-state index contributed by atoms with van der Waals surface area (Å²) < 4.78 is 40.1. The quantitative estimate of drug-likeness (QED) is 0.711. The molecule has 0 aromatic heterocycles. The van der Waals surface area contributed by atoms with Gasteiger partial charge in [0.1, 0.15) is 0 Å². The predicted molar refractivity (Wildman–Crippen MR) is 88.0 cm³/mol. The van der Waals surface area contributed by atoms with Gasteiger partial charge >= 0.3 is 6.18 Å². The number of carbonyl (C=O) groups excluding carboxylic acids is 1. The molecule has 0 saturated heterocycles. The summed E-state index contributed by atoms with van der Waals surface area (Å²) in [5, 5.41) is 2.45. The molecule has 0 aliphatic heterocycles. The Hall–Kier alpha value is -2.08. The smallest absolute Gasteiger partial charge is 0.321 e. The molecule has 0 aliphatic rings. The molecule has 0 radical (unpaired) electrons. The van der Waals surface area contributed by atoms with E-state index in [1.807, 2.05) is 6.92 Å². The molecule has 0 atom stereocenters. The Balaban J connectivity index is 2.30. The summed E-state index contributed by atoms with van der Waals surface area (Å²) in [6, 6.07) is 12.4. The van der Waals surface area contributed by atoms with Gasteiger partial charge in [-0.3, -0.25) is 4.79 Å². The molecule has 0 bridgehead atoms. The summed E-state index contributed by atoms with van der Waals surface area (Å²) in [5.74, 6) is -0.842. The molecule has 6 heteroatoms. The Labute approximate surface area is 140 Å². The minimum absolute atomic E-state index is 0.0573. The van der Waals surface area contributed by atoms with Gasteiger partial charge in [-0.15, -0.1) is 0 Å². The van der Waals surface area contributed by atoms with E-state index < -0.39 is 17.7 Å². The monoisotopic (exact) mass is 383 g/mol. The minimum Gasteiger partial charge on any atom is -0.321 e. The highest BCUT2D eigenvalue weighted by molar-refractivity contribution is 9.10. The fraction of sp³-hybridized carbons (Fsp3) is 0.118. The third kappa shape index (κ3) is 4.69. The molecule has 0 saturated carbocycles. The average Bonchev–Trinajstić information content (AvgIpc) is 2.47. The van der Waals surface area contributed by atoms with E-state index in [9.17, 15) is 18.0 Å². The van der Waals surface area contributed by atoms with Gasteiger partial charge in [0.05, 0.1) is 11.3 Å². The summed E-state index contributed by atoms with van der Waals surface area (Å²) in [4.78, 5) is 12.0. The number of hydrogen-bond donors (Lipinski definition) is 1. The highest BCUT2D eigenvalue weighted by atomic mass is 79.9. The number of allylic oxidation sites excluding steroid dienone is 1. The molecule has 2 rings (SSSR count). The Morgan fingerprint density at radius 1 is 1.13 bits per heavy atom. The van der Waals surface area contributed by atoms with Crippen molar-refractivity contribution in [2.24, 2.45) is 0 Å². The summed E-state index contributed by atoms with van der Waals surface area (Å²) in [6.07, 6.45) is -4.05. The van der Waals surface area contributed by atoms with E-state index >= 15 is 0 Å². The lowest BCUT2D eigenvalue weighted by molar-refractivity contribution is -0.112. The van der Waals surface area contributed by atoms with Crippen molar-refractivity contribution in [1.29, 1.82) is 0 Å². The number of alkyl halides is 3. The predicted octanol–water partition coefficient (Wildman–Crippen LogP) is 5.34. The highest BCUT2D eigenvalue weighted by Crippen LogP contribution is 2.34. The van der Waals surface area contributed by atoms with E-state index in [-0.39, 0.29) is 5.56 Å². The van der Waals surface area contributed by atoms with Crippen molar-refractivity contribution < 1.29 is 18.0 Å². The number of hydrogen-bond acceptors (Lipinski definition) is 1. The average molecular weight is 384 g/mol. The molecule has 2 aromatic rings. The summed E-state index contributed by atoms with van der Waals surface area (Å²) >= 11 is 3.27. The molecule has 2 aromatic carbocycles. The zero-order valence-corrected chi connectivity index (χ0v) is 13.7. The van der Waals surface area contributed by atoms with Gasteiger partial charge in [-0.1, -0.05) is 36.4 Å². The molecule has 0 fully saturated rings. The van der Waals surface area contributed by atoms with Gasteiger partial charge in [-0.2, -0.15) is 13.2 Å². The summed E-state index contributed by atoms with van der Waals surface area (Å²) in [5.41, 5.74) is 0.328. The van der Waals surface area contributed by atoms with Crippen LogP contribution in [0, 0.1) is 6.92 Å². The lowest BCUT2D eigenvalue weighted by Crippen LogP contribution is -2.16. The molecule has 1 amide bonds. The first-order valence-corrected chi connectivity index (χ1v) is 7.48. The fourth-order valence-electron chi connectivity index (χ4n) is 1.97. The maximum Gasteiger partial charge on any atom is 0.417 e. The molecule has 0 heterocycles. The van der Waals surface area contributed by atoms with Crippen LogP contribution in [0.4, 0.5) is 18.9 Å². The van der Waals surface area contributed by atoms with Crippen LogP contribution < -0.4 is 5.32 Å². The zero-order valence-electron chi connectivity index (χ0n) is 12.1. The number of nitrogens with one attached hydrogen (secondary N) is 1. The zero-order chi connectivity index (χ0) is 17.0. The number of carbonyl (C=O) groups is 1. The van der Waals surface area contributed by atoms with Crippen molar-refractivity contribution >= 4 is 33.1 Å². The van der Waals surface area contributed by atoms with Crippen molar-refractivity contribution in [3.8, 4) is 0 Å². The van der Waals surface area contributed by atoms with Gasteiger partial charge in [-0.25, -0.2) is 0 Å². The molecule has 0 unspecified atom stereocenters. The van der Waals surface area contributed by atoms with Crippen molar-refractivity contribution in [2.75, 3.05) is 5.32 Å². The van der Waals surface area contributed by atoms with E-state index in [2.05, 4.69) is 21.2 Å². The van der Waals surface area contributed by atoms with Crippen LogP contribution in [0.25, 0.3) is 5.57 Å². The Kier molecular flexibility index (Phi) is 5.26. The van der Waals surface area contributed by atoms with Crippen LogP contribution in [0.2, 0.25) is 0 Å². The summed E-state index contributed by atoms with van der Waals surface area (Å²) in [6.45, 7) is 1.87. The minimum atomic E-state index is -4.62. The molecule has 2 nitrogen and oxygen atoms in total. The summed E-state index contributed by atoms with van der Waals surface area (Å²) in [7, 11) is 0. The third-order valence-corrected chi connectivity index (χ3v) is 3.70. The van der Waals surface area contributed by atoms with Crippen LogP contribution in [0.5, 0.6) is 0 Å².